The normalized spacial score (nSPS) is 15.2. The number of carbonyl (C=O) groups is 1. The van der Waals surface area contributed by atoms with Gasteiger partial charge in [0.25, 0.3) is 15.9 Å². The van der Waals surface area contributed by atoms with Gasteiger partial charge in [0.2, 0.25) is 0 Å². The number of rotatable bonds is 8. The predicted molar refractivity (Wildman–Crippen MR) is 131 cm³/mol. The van der Waals surface area contributed by atoms with Gasteiger partial charge in [-0.25, -0.2) is 8.42 Å². The monoisotopic (exact) mass is 480 g/mol. The van der Waals surface area contributed by atoms with Crippen LogP contribution in [-0.4, -0.2) is 40.1 Å². The molecule has 34 heavy (non-hydrogen) atoms. The van der Waals surface area contributed by atoms with Gasteiger partial charge in [0.1, 0.15) is 11.5 Å². The molecule has 0 fully saturated rings. The van der Waals surface area contributed by atoms with E-state index >= 15 is 0 Å². The van der Waals surface area contributed by atoms with Gasteiger partial charge in [-0.05, 0) is 61.7 Å². The van der Waals surface area contributed by atoms with Gasteiger partial charge in [-0.15, -0.1) is 0 Å². The lowest BCUT2D eigenvalue weighted by molar-refractivity contribution is -0.127. The van der Waals surface area contributed by atoms with Gasteiger partial charge >= 0.3 is 0 Å². The molecule has 0 aliphatic carbocycles. The highest BCUT2D eigenvalue weighted by atomic mass is 32.2. The van der Waals surface area contributed by atoms with Gasteiger partial charge in [0, 0.05) is 6.54 Å². The van der Waals surface area contributed by atoms with Crippen LogP contribution in [0.2, 0.25) is 0 Å². The zero-order valence-corrected chi connectivity index (χ0v) is 20.0. The number of ether oxygens (including phenoxy) is 2. The third-order valence-electron chi connectivity index (χ3n) is 5.62. The Kier molecular flexibility index (Phi) is 7.07. The van der Waals surface area contributed by atoms with Crippen molar-refractivity contribution >= 4 is 21.6 Å². The average molecular weight is 481 g/mol. The van der Waals surface area contributed by atoms with Crippen LogP contribution in [0, 0.1) is 6.92 Å². The summed E-state index contributed by atoms with van der Waals surface area (Å²) < 4.78 is 40.0. The molecule has 4 rings (SSSR count). The molecule has 1 N–H and O–H groups in total. The first kappa shape index (κ1) is 23.6. The van der Waals surface area contributed by atoms with Crippen molar-refractivity contribution in [1.29, 1.82) is 0 Å². The van der Waals surface area contributed by atoms with Crippen LogP contribution in [0.15, 0.2) is 77.7 Å². The second kappa shape index (κ2) is 10.2. The van der Waals surface area contributed by atoms with Crippen LogP contribution in [-0.2, 0) is 21.2 Å². The fraction of sp³-hybridized carbons (Fsp3) is 0.269. The Labute approximate surface area is 200 Å². The maximum atomic E-state index is 13.6. The molecule has 1 aliphatic rings. The lowest BCUT2D eigenvalue weighted by Gasteiger charge is -2.34. The Bertz CT molecular complexity index is 1260. The number of nitrogens with zero attached hydrogens (tertiary/aromatic N) is 1. The summed E-state index contributed by atoms with van der Waals surface area (Å²) in [7, 11) is -3.94. The molecule has 0 spiro atoms. The summed E-state index contributed by atoms with van der Waals surface area (Å²) in [5.41, 5.74) is 2.23. The van der Waals surface area contributed by atoms with E-state index in [1.165, 1.54) is 10.4 Å². The molecule has 1 amide bonds. The van der Waals surface area contributed by atoms with Gasteiger partial charge in [0.05, 0.1) is 23.7 Å². The minimum absolute atomic E-state index is 0.122. The SMILES string of the molecule is CCOc1ccc(S(=O)(=O)N2C[C@H](C(=O)NCCc3ccccc3)Oc3ccccc32)cc1C. The lowest BCUT2D eigenvalue weighted by Crippen LogP contribution is -2.51. The fourth-order valence-electron chi connectivity index (χ4n) is 3.88. The molecular formula is C26H28N2O5S. The summed E-state index contributed by atoms with van der Waals surface area (Å²) in [5, 5.41) is 2.87. The minimum atomic E-state index is -3.94. The highest BCUT2D eigenvalue weighted by Gasteiger charge is 2.37. The second-order valence-corrected chi connectivity index (χ2v) is 9.86. The van der Waals surface area contributed by atoms with Crippen molar-refractivity contribution < 1.29 is 22.7 Å². The molecule has 0 unspecified atom stereocenters. The van der Waals surface area contributed by atoms with Crippen LogP contribution >= 0.6 is 0 Å². The minimum Gasteiger partial charge on any atom is -0.494 e. The zero-order valence-electron chi connectivity index (χ0n) is 19.2. The van der Waals surface area contributed by atoms with Crippen LogP contribution in [0.1, 0.15) is 18.1 Å². The van der Waals surface area contributed by atoms with Crippen molar-refractivity contribution in [2.24, 2.45) is 0 Å². The van der Waals surface area contributed by atoms with Crippen molar-refractivity contribution in [2.75, 3.05) is 24.0 Å². The number of carbonyl (C=O) groups excluding carboxylic acids is 1. The summed E-state index contributed by atoms with van der Waals surface area (Å²) in [6.07, 6.45) is -0.298. The Morgan fingerprint density at radius 1 is 1.09 bits per heavy atom. The predicted octanol–water partition coefficient (Wildman–Crippen LogP) is 3.71. The molecular weight excluding hydrogens is 452 g/mol. The largest absolute Gasteiger partial charge is 0.494 e. The molecule has 7 nitrogen and oxygen atoms in total. The molecule has 1 heterocycles. The van der Waals surface area contributed by atoms with Crippen molar-refractivity contribution in [3.05, 3.63) is 83.9 Å². The fourth-order valence-corrected chi connectivity index (χ4v) is 5.44. The van der Waals surface area contributed by atoms with Crippen molar-refractivity contribution in [2.45, 2.75) is 31.3 Å². The number of para-hydroxylation sites is 2. The molecule has 0 bridgehead atoms. The van der Waals surface area contributed by atoms with E-state index in [9.17, 15) is 13.2 Å². The van der Waals surface area contributed by atoms with E-state index in [4.69, 9.17) is 9.47 Å². The van der Waals surface area contributed by atoms with Gasteiger partial charge in [-0.1, -0.05) is 42.5 Å². The Balaban J connectivity index is 1.55. The van der Waals surface area contributed by atoms with E-state index in [2.05, 4.69) is 5.32 Å². The Morgan fingerprint density at radius 2 is 1.82 bits per heavy atom. The number of aryl methyl sites for hydroxylation is 1. The summed E-state index contributed by atoms with van der Waals surface area (Å²) in [5.74, 6) is 0.635. The van der Waals surface area contributed by atoms with Gasteiger partial charge in [0.15, 0.2) is 6.10 Å². The molecule has 0 saturated heterocycles. The van der Waals surface area contributed by atoms with Crippen molar-refractivity contribution in [1.82, 2.24) is 5.32 Å². The van der Waals surface area contributed by atoms with E-state index in [1.54, 1.807) is 43.3 Å². The van der Waals surface area contributed by atoms with Gasteiger partial charge in [-0.3, -0.25) is 9.10 Å². The number of sulfonamides is 1. The Morgan fingerprint density at radius 3 is 2.56 bits per heavy atom. The average Bonchev–Trinajstić information content (AvgIpc) is 2.85. The number of amides is 1. The highest BCUT2D eigenvalue weighted by Crippen LogP contribution is 2.37. The second-order valence-electron chi connectivity index (χ2n) is 8.00. The van der Waals surface area contributed by atoms with E-state index in [0.717, 1.165) is 11.1 Å². The molecule has 0 radical (unpaired) electrons. The quantitative estimate of drug-likeness (QED) is 0.531. The topological polar surface area (TPSA) is 84.9 Å². The van der Waals surface area contributed by atoms with Crippen molar-refractivity contribution in [3.8, 4) is 11.5 Å². The maximum Gasteiger partial charge on any atom is 0.264 e. The number of nitrogens with one attached hydrogen (secondary N) is 1. The summed E-state index contributed by atoms with van der Waals surface area (Å²) in [6.45, 7) is 4.48. The van der Waals surface area contributed by atoms with E-state index in [-0.39, 0.29) is 17.3 Å². The van der Waals surface area contributed by atoms with Crippen molar-refractivity contribution in [3.63, 3.8) is 0 Å². The van der Waals surface area contributed by atoms with E-state index in [1.807, 2.05) is 37.3 Å². The number of anilines is 1. The van der Waals surface area contributed by atoms with Crippen LogP contribution in [0.4, 0.5) is 5.69 Å². The summed E-state index contributed by atoms with van der Waals surface area (Å²) in [6, 6.07) is 21.4. The number of benzene rings is 3. The molecule has 178 valence electrons. The van der Waals surface area contributed by atoms with Gasteiger partial charge in [-0.2, -0.15) is 0 Å². The molecule has 3 aromatic rings. The molecule has 8 heteroatoms. The molecule has 1 atom stereocenters. The molecule has 1 aliphatic heterocycles. The zero-order chi connectivity index (χ0) is 24.1. The first-order chi connectivity index (χ1) is 16.4. The van der Waals surface area contributed by atoms with Crippen LogP contribution < -0.4 is 19.1 Å². The van der Waals surface area contributed by atoms with Crippen LogP contribution in [0.5, 0.6) is 11.5 Å². The molecule has 0 aromatic heterocycles. The standard InChI is InChI=1S/C26H28N2O5S/c1-3-32-23-14-13-21(17-19(23)2)34(30,31)28-18-25(33-24-12-8-7-11-22(24)28)26(29)27-16-15-20-9-5-4-6-10-20/h4-14,17,25H,3,15-16,18H2,1-2H3,(H,27,29)/t25-/m1/s1. The highest BCUT2D eigenvalue weighted by molar-refractivity contribution is 7.92. The van der Waals surface area contributed by atoms with Gasteiger partial charge < -0.3 is 14.8 Å². The summed E-state index contributed by atoms with van der Waals surface area (Å²) >= 11 is 0. The molecule has 0 saturated carbocycles. The third-order valence-corrected chi connectivity index (χ3v) is 7.39. The number of fused-ring (bicyclic) bond motifs is 1. The third kappa shape index (κ3) is 5.02. The smallest absolute Gasteiger partial charge is 0.264 e. The summed E-state index contributed by atoms with van der Waals surface area (Å²) in [4.78, 5) is 13.0. The molecule has 3 aromatic carbocycles. The Hall–Kier alpha value is -3.52. The number of hydrogen-bond donors (Lipinski definition) is 1. The van der Waals surface area contributed by atoms with E-state index < -0.39 is 16.1 Å². The maximum absolute atomic E-state index is 13.6. The van der Waals surface area contributed by atoms with E-state index in [0.29, 0.717) is 36.8 Å². The number of hydrogen-bond acceptors (Lipinski definition) is 5. The van der Waals surface area contributed by atoms with Crippen LogP contribution in [0.25, 0.3) is 0 Å². The first-order valence-corrected chi connectivity index (χ1v) is 12.7. The first-order valence-electron chi connectivity index (χ1n) is 11.2. The lowest BCUT2D eigenvalue weighted by atomic mass is 10.1. The van der Waals surface area contributed by atoms with Crippen LogP contribution in [0.3, 0.4) is 0 Å².